The number of aromatic nitrogens is 1. The Labute approximate surface area is 121 Å². The van der Waals surface area contributed by atoms with Crippen molar-refractivity contribution in [3.63, 3.8) is 0 Å². The molecule has 3 heteroatoms. The number of nitrogens with zero attached hydrogens (tertiary/aromatic N) is 1. The summed E-state index contributed by atoms with van der Waals surface area (Å²) in [5.41, 5.74) is 3.05. The fourth-order valence-electron chi connectivity index (χ4n) is 2.16. The summed E-state index contributed by atoms with van der Waals surface area (Å²) >= 11 is 12.5. The molecule has 1 atom stereocenters. The van der Waals surface area contributed by atoms with Crippen LogP contribution >= 0.6 is 23.2 Å². The van der Waals surface area contributed by atoms with Crippen molar-refractivity contribution in [3.8, 4) is 0 Å². The van der Waals surface area contributed by atoms with E-state index >= 15 is 0 Å². The van der Waals surface area contributed by atoms with Gasteiger partial charge < -0.3 is 0 Å². The summed E-state index contributed by atoms with van der Waals surface area (Å²) in [5.74, 6) is 0. The highest BCUT2D eigenvalue weighted by atomic mass is 35.5. The van der Waals surface area contributed by atoms with Crippen molar-refractivity contribution in [2.75, 3.05) is 0 Å². The SMILES string of the molecule is Clc1ccc(C(Cl)c2cccc3ncccc23)cc1. The molecule has 3 rings (SSSR count). The summed E-state index contributed by atoms with van der Waals surface area (Å²) in [6.07, 6.45) is 1.79. The minimum Gasteiger partial charge on any atom is -0.256 e. The average molecular weight is 288 g/mol. The van der Waals surface area contributed by atoms with Gasteiger partial charge in [0.25, 0.3) is 0 Å². The van der Waals surface area contributed by atoms with Gasteiger partial charge in [0.15, 0.2) is 0 Å². The summed E-state index contributed by atoms with van der Waals surface area (Å²) in [4.78, 5) is 4.35. The second-order valence-electron chi connectivity index (χ2n) is 4.33. The monoisotopic (exact) mass is 287 g/mol. The van der Waals surface area contributed by atoms with E-state index in [4.69, 9.17) is 23.2 Å². The molecule has 0 aliphatic heterocycles. The number of hydrogen-bond donors (Lipinski definition) is 0. The first kappa shape index (κ1) is 12.5. The van der Waals surface area contributed by atoms with E-state index in [-0.39, 0.29) is 5.38 Å². The Hall–Kier alpha value is -1.57. The molecule has 1 aromatic heterocycles. The van der Waals surface area contributed by atoms with Crippen LogP contribution in [0.3, 0.4) is 0 Å². The van der Waals surface area contributed by atoms with Crippen LogP contribution in [0, 0.1) is 0 Å². The number of benzene rings is 2. The van der Waals surface area contributed by atoms with Crippen molar-refractivity contribution in [1.82, 2.24) is 4.98 Å². The summed E-state index contributed by atoms with van der Waals surface area (Å²) in [6.45, 7) is 0. The standard InChI is InChI=1S/C16H11Cl2N/c17-12-8-6-11(7-9-12)16(18)14-3-1-5-15-13(14)4-2-10-19-15/h1-10,16H. The lowest BCUT2D eigenvalue weighted by molar-refractivity contribution is 1.16. The maximum atomic E-state index is 6.59. The number of halogens is 2. The minimum atomic E-state index is -0.204. The number of rotatable bonds is 2. The average Bonchev–Trinajstić information content (AvgIpc) is 2.47. The lowest BCUT2D eigenvalue weighted by Crippen LogP contribution is -1.95. The Kier molecular flexibility index (Phi) is 3.41. The van der Waals surface area contributed by atoms with E-state index in [2.05, 4.69) is 4.98 Å². The van der Waals surface area contributed by atoms with Gasteiger partial charge in [0.05, 0.1) is 10.9 Å². The van der Waals surface area contributed by atoms with Crippen molar-refractivity contribution in [2.24, 2.45) is 0 Å². The molecule has 1 unspecified atom stereocenters. The topological polar surface area (TPSA) is 12.9 Å². The predicted octanol–water partition coefficient (Wildman–Crippen LogP) is 5.22. The normalized spacial score (nSPS) is 12.5. The second kappa shape index (κ2) is 5.20. The van der Waals surface area contributed by atoms with E-state index in [0.29, 0.717) is 5.02 Å². The van der Waals surface area contributed by atoms with Crippen molar-refractivity contribution >= 4 is 34.1 Å². The highest BCUT2D eigenvalue weighted by molar-refractivity contribution is 6.30. The third-order valence-corrected chi connectivity index (χ3v) is 3.85. The number of alkyl halides is 1. The molecule has 0 aliphatic rings. The quantitative estimate of drug-likeness (QED) is 0.589. The molecule has 0 fully saturated rings. The minimum absolute atomic E-state index is 0.204. The van der Waals surface area contributed by atoms with Crippen LogP contribution in [-0.2, 0) is 0 Å². The Balaban J connectivity index is 2.11. The van der Waals surface area contributed by atoms with Crippen molar-refractivity contribution in [2.45, 2.75) is 5.38 Å². The molecule has 0 bridgehead atoms. The van der Waals surface area contributed by atoms with Gasteiger partial charge >= 0.3 is 0 Å². The number of fused-ring (bicyclic) bond motifs is 1. The smallest absolute Gasteiger partial charge is 0.0842 e. The molecule has 0 saturated heterocycles. The first-order valence-corrected chi connectivity index (χ1v) is 6.80. The second-order valence-corrected chi connectivity index (χ2v) is 5.20. The summed E-state index contributed by atoms with van der Waals surface area (Å²) in [7, 11) is 0. The van der Waals surface area contributed by atoms with Crippen LogP contribution in [0.1, 0.15) is 16.5 Å². The molecular weight excluding hydrogens is 277 g/mol. The van der Waals surface area contributed by atoms with Gasteiger partial charge in [0, 0.05) is 16.6 Å². The van der Waals surface area contributed by atoms with Crippen LogP contribution < -0.4 is 0 Å². The van der Waals surface area contributed by atoms with Gasteiger partial charge in [-0.1, -0.05) is 41.9 Å². The van der Waals surface area contributed by atoms with E-state index in [1.54, 1.807) is 6.20 Å². The predicted molar refractivity (Wildman–Crippen MR) is 80.9 cm³/mol. The highest BCUT2D eigenvalue weighted by Gasteiger charge is 2.13. The molecule has 3 aromatic rings. The summed E-state index contributed by atoms with van der Waals surface area (Å²) in [5, 5.41) is 1.59. The molecule has 94 valence electrons. The summed E-state index contributed by atoms with van der Waals surface area (Å²) < 4.78 is 0. The third kappa shape index (κ3) is 2.44. The Morgan fingerprint density at radius 3 is 2.47 bits per heavy atom. The van der Waals surface area contributed by atoms with E-state index < -0.39 is 0 Å². The zero-order valence-corrected chi connectivity index (χ0v) is 11.6. The largest absolute Gasteiger partial charge is 0.256 e. The molecule has 2 aromatic carbocycles. The molecule has 0 spiro atoms. The zero-order chi connectivity index (χ0) is 13.2. The molecule has 0 aliphatic carbocycles. The van der Waals surface area contributed by atoms with Crippen LogP contribution in [-0.4, -0.2) is 4.98 Å². The van der Waals surface area contributed by atoms with E-state index in [1.807, 2.05) is 54.6 Å². The van der Waals surface area contributed by atoms with Gasteiger partial charge in [-0.05, 0) is 35.4 Å². The van der Waals surface area contributed by atoms with Crippen LogP contribution in [0.4, 0.5) is 0 Å². The van der Waals surface area contributed by atoms with Crippen molar-refractivity contribution < 1.29 is 0 Å². The Morgan fingerprint density at radius 2 is 1.68 bits per heavy atom. The zero-order valence-electron chi connectivity index (χ0n) is 10.1. The van der Waals surface area contributed by atoms with Gasteiger partial charge in [0.2, 0.25) is 0 Å². The maximum Gasteiger partial charge on any atom is 0.0842 e. The fourth-order valence-corrected chi connectivity index (χ4v) is 2.62. The van der Waals surface area contributed by atoms with Gasteiger partial charge in [-0.2, -0.15) is 0 Å². The molecule has 0 radical (unpaired) electrons. The first-order chi connectivity index (χ1) is 9.25. The van der Waals surface area contributed by atoms with Gasteiger partial charge in [-0.3, -0.25) is 4.98 Å². The molecule has 0 saturated carbocycles. The van der Waals surface area contributed by atoms with Crippen LogP contribution in [0.25, 0.3) is 10.9 Å². The third-order valence-electron chi connectivity index (χ3n) is 3.12. The number of pyridine rings is 1. The Morgan fingerprint density at radius 1 is 0.895 bits per heavy atom. The lowest BCUT2D eigenvalue weighted by atomic mass is 10.0. The number of hydrogen-bond acceptors (Lipinski definition) is 1. The van der Waals surface area contributed by atoms with Gasteiger partial charge in [-0.15, -0.1) is 11.6 Å². The highest BCUT2D eigenvalue weighted by Crippen LogP contribution is 2.33. The molecule has 1 nitrogen and oxygen atoms in total. The molecule has 0 N–H and O–H groups in total. The van der Waals surface area contributed by atoms with E-state index in [1.165, 1.54) is 0 Å². The molecule has 19 heavy (non-hydrogen) atoms. The Bertz CT molecular complexity index is 702. The molecule has 0 amide bonds. The first-order valence-electron chi connectivity index (χ1n) is 5.99. The van der Waals surface area contributed by atoms with E-state index in [9.17, 15) is 0 Å². The fraction of sp³-hybridized carbons (Fsp3) is 0.0625. The van der Waals surface area contributed by atoms with Gasteiger partial charge in [-0.25, -0.2) is 0 Å². The summed E-state index contributed by atoms with van der Waals surface area (Å²) in [6, 6.07) is 17.6. The lowest BCUT2D eigenvalue weighted by Gasteiger charge is -2.13. The van der Waals surface area contributed by atoms with Gasteiger partial charge in [0.1, 0.15) is 0 Å². The molecular formula is C16H11Cl2N. The van der Waals surface area contributed by atoms with Crippen LogP contribution in [0.15, 0.2) is 60.8 Å². The van der Waals surface area contributed by atoms with E-state index in [0.717, 1.165) is 22.0 Å². The van der Waals surface area contributed by atoms with Crippen molar-refractivity contribution in [3.05, 3.63) is 76.9 Å². The molecule has 1 heterocycles. The van der Waals surface area contributed by atoms with Crippen LogP contribution in [0.2, 0.25) is 5.02 Å². The van der Waals surface area contributed by atoms with Crippen LogP contribution in [0.5, 0.6) is 0 Å². The maximum absolute atomic E-state index is 6.59. The van der Waals surface area contributed by atoms with Crippen molar-refractivity contribution in [1.29, 1.82) is 0 Å².